The molecule has 6 nitrogen and oxygen atoms in total. The fraction of sp³-hybridized carbons (Fsp3) is 0.130. The standard InChI is InChI=1S/C23H21BrClN3O3/c1-30-22-12-17(4-11-21(22)31-15-16-2-7-19(25)8-3-16)13-27-28-23(29)14-26-20-9-5-18(24)6-10-20/h2-13,26H,14-15H2,1H3,(H,28,29)/b27-13-. The first-order valence-electron chi connectivity index (χ1n) is 9.40. The van der Waals surface area contributed by atoms with Crippen molar-refractivity contribution in [1.82, 2.24) is 5.43 Å². The van der Waals surface area contributed by atoms with Crippen LogP contribution < -0.4 is 20.2 Å². The van der Waals surface area contributed by atoms with Gasteiger partial charge in [0.2, 0.25) is 0 Å². The molecule has 0 bridgehead atoms. The van der Waals surface area contributed by atoms with Crippen molar-refractivity contribution < 1.29 is 14.3 Å². The van der Waals surface area contributed by atoms with Crippen molar-refractivity contribution in [2.24, 2.45) is 5.10 Å². The van der Waals surface area contributed by atoms with Gasteiger partial charge in [-0.15, -0.1) is 0 Å². The van der Waals surface area contributed by atoms with Gasteiger partial charge < -0.3 is 14.8 Å². The van der Waals surface area contributed by atoms with E-state index in [2.05, 4.69) is 31.8 Å². The van der Waals surface area contributed by atoms with Crippen LogP contribution in [0.4, 0.5) is 5.69 Å². The van der Waals surface area contributed by atoms with E-state index in [1.807, 2.05) is 54.6 Å². The van der Waals surface area contributed by atoms with Crippen molar-refractivity contribution >= 4 is 45.3 Å². The summed E-state index contributed by atoms with van der Waals surface area (Å²) in [5.74, 6) is 0.924. The molecule has 0 saturated carbocycles. The van der Waals surface area contributed by atoms with E-state index < -0.39 is 0 Å². The fourth-order valence-electron chi connectivity index (χ4n) is 2.59. The number of hydrogen-bond acceptors (Lipinski definition) is 5. The molecule has 0 unspecified atom stereocenters. The van der Waals surface area contributed by atoms with Crippen molar-refractivity contribution in [3.63, 3.8) is 0 Å². The third-order valence-electron chi connectivity index (χ3n) is 4.20. The lowest BCUT2D eigenvalue weighted by Gasteiger charge is -2.11. The second-order valence-electron chi connectivity index (χ2n) is 6.48. The van der Waals surface area contributed by atoms with E-state index in [-0.39, 0.29) is 12.5 Å². The smallest absolute Gasteiger partial charge is 0.259 e. The number of rotatable bonds is 9. The Labute approximate surface area is 194 Å². The largest absolute Gasteiger partial charge is 0.493 e. The zero-order chi connectivity index (χ0) is 22.1. The van der Waals surface area contributed by atoms with E-state index in [0.717, 1.165) is 21.3 Å². The normalized spacial score (nSPS) is 10.7. The van der Waals surface area contributed by atoms with Crippen molar-refractivity contribution in [2.75, 3.05) is 19.0 Å². The molecule has 8 heteroatoms. The van der Waals surface area contributed by atoms with E-state index in [1.165, 1.54) is 0 Å². The first kappa shape index (κ1) is 22.7. The van der Waals surface area contributed by atoms with Crippen LogP contribution in [-0.2, 0) is 11.4 Å². The third kappa shape index (κ3) is 7.31. The predicted octanol–water partition coefficient (Wildman–Crippen LogP) is 5.25. The number of nitrogens with zero attached hydrogens (tertiary/aromatic N) is 1. The number of nitrogens with one attached hydrogen (secondary N) is 2. The number of methoxy groups -OCH3 is 1. The third-order valence-corrected chi connectivity index (χ3v) is 4.98. The van der Waals surface area contributed by atoms with Crippen LogP contribution in [0.5, 0.6) is 11.5 Å². The van der Waals surface area contributed by atoms with Gasteiger partial charge in [-0.3, -0.25) is 4.79 Å². The number of hydrazone groups is 1. The highest BCUT2D eigenvalue weighted by Gasteiger charge is 2.06. The lowest BCUT2D eigenvalue weighted by atomic mass is 10.2. The summed E-state index contributed by atoms with van der Waals surface area (Å²) in [5.41, 5.74) is 5.10. The first-order chi connectivity index (χ1) is 15.0. The number of anilines is 1. The summed E-state index contributed by atoms with van der Waals surface area (Å²) >= 11 is 9.27. The Morgan fingerprint density at radius 1 is 1.06 bits per heavy atom. The molecule has 3 rings (SSSR count). The maximum absolute atomic E-state index is 11.9. The lowest BCUT2D eigenvalue weighted by molar-refractivity contribution is -0.119. The van der Waals surface area contributed by atoms with Crippen LogP contribution in [0, 0.1) is 0 Å². The monoisotopic (exact) mass is 501 g/mol. The molecule has 0 aliphatic carbocycles. The second kappa shape index (κ2) is 11.4. The highest BCUT2D eigenvalue weighted by Crippen LogP contribution is 2.28. The molecular formula is C23H21BrClN3O3. The minimum Gasteiger partial charge on any atom is -0.493 e. The molecule has 1 amide bonds. The van der Waals surface area contributed by atoms with Gasteiger partial charge >= 0.3 is 0 Å². The molecule has 0 fully saturated rings. The molecule has 3 aromatic rings. The second-order valence-corrected chi connectivity index (χ2v) is 7.83. The van der Waals surface area contributed by atoms with Crippen LogP contribution in [0.1, 0.15) is 11.1 Å². The predicted molar refractivity (Wildman–Crippen MR) is 127 cm³/mol. The minimum absolute atomic E-state index is 0.111. The Bertz CT molecular complexity index is 1040. The minimum atomic E-state index is -0.256. The Morgan fingerprint density at radius 3 is 2.52 bits per heavy atom. The van der Waals surface area contributed by atoms with E-state index >= 15 is 0 Å². The van der Waals surface area contributed by atoms with E-state index in [9.17, 15) is 4.79 Å². The van der Waals surface area contributed by atoms with Crippen LogP contribution in [-0.4, -0.2) is 25.8 Å². The van der Waals surface area contributed by atoms with Gasteiger partial charge in [-0.05, 0) is 65.7 Å². The summed E-state index contributed by atoms with van der Waals surface area (Å²) in [5, 5.41) is 7.70. The summed E-state index contributed by atoms with van der Waals surface area (Å²) in [6.45, 7) is 0.502. The topological polar surface area (TPSA) is 72.0 Å². The highest BCUT2D eigenvalue weighted by molar-refractivity contribution is 9.10. The zero-order valence-electron chi connectivity index (χ0n) is 16.8. The van der Waals surface area contributed by atoms with E-state index in [0.29, 0.717) is 23.1 Å². The number of ether oxygens (including phenoxy) is 2. The quantitative estimate of drug-likeness (QED) is 0.310. The Kier molecular flexibility index (Phi) is 8.32. The molecule has 0 spiro atoms. The van der Waals surface area contributed by atoms with Crippen molar-refractivity contribution in [2.45, 2.75) is 6.61 Å². The zero-order valence-corrected chi connectivity index (χ0v) is 19.1. The number of carbonyl (C=O) groups is 1. The Hall–Kier alpha value is -3.03. The molecule has 0 saturated heterocycles. The van der Waals surface area contributed by atoms with Gasteiger partial charge in [0.15, 0.2) is 11.5 Å². The van der Waals surface area contributed by atoms with E-state index in [1.54, 1.807) is 25.5 Å². The van der Waals surface area contributed by atoms with Gasteiger partial charge in [-0.1, -0.05) is 39.7 Å². The van der Waals surface area contributed by atoms with Crippen LogP contribution in [0.2, 0.25) is 5.02 Å². The van der Waals surface area contributed by atoms with E-state index in [4.69, 9.17) is 21.1 Å². The summed E-state index contributed by atoms with van der Waals surface area (Å²) in [7, 11) is 1.57. The molecule has 0 heterocycles. The van der Waals surface area contributed by atoms with Crippen molar-refractivity contribution in [3.05, 3.63) is 87.4 Å². The first-order valence-corrected chi connectivity index (χ1v) is 10.6. The van der Waals surface area contributed by atoms with Crippen molar-refractivity contribution in [3.8, 4) is 11.5 Å². The van der Waals surface area contributed by atoms with Crippen LogP contribution in [0.3, 0.4) is 0 Å². The maximum Gasteiger partial charge on any atom is 0.259 e. The number of carbonyl (C=O) groups excluding carboxylic acids is 1. The van der Waals surface area contributed by atoms with Gasteiger partial charge in [-0.25, -0.2) is 5.43 Å². The summed E-state index contributed by atoms with van der Waals surface area (Å²) in [4.78, 5) is 11.9. The highest BCUT2D eigenvalue weighted by atomic mass is 79.9. The van der Waals surface area contributed by atoms with Gasteiger partial charge in [-0.2, -0.15) is 5.10 Å². The average Bonchev–Trinajstić information content (AvgIpc) is 2.78. The molecule has 0 aliphatic heterocycles. The number of benzene rings is 3. The Balaban J connectivity index is 1.51. The van der Waals surface area contributed by atoms with Gasteiger partial charge in [0.1, 0.15) is 6.61 Å². The van der Waals surface area contributed by atoms with Gasteiger partial charge in [0.25, 0.3) is 5.91 Å². The van der Waals surface area contributed by atoms with Gasteiger partial charge in [0.05, 0.1) is 19.9 Å². The summed E-state index contributed by atoms with van der Waals surface area (Å²) in [6.07, 6.45) is 1.54. The van der Waals surface area contributed by atoms with Crippen LogP contribution in [0.15, 0.2) is 76.3 Å². The van der Waals surface area contributed by atoms with Crippen molar-refractivity contribution in [1.29, 1.82) is 0 Å². The summed E-state index contributed by atoms with van der Waals surface area (Å²) < 4.78 is 12.2. The van der Waals surface area contributed by atoms with Gasteiger partial charge in [0, 0.05) is 15.2 Å². The van der Waals surface area contributed by atoms with Crippen LogP contribution in [0.25, 0.3) is 0 Å². The lowest BCUT2D eigenvalue weighted by Crippen LogP contribution is -2.25. The molecule has 0 aliphatic rings. The van der Waals surface area contributed by atoms with Crippen LogP contribution >= 0.6 is 27.5 Å². The average molecular weight is 503 g/mol. The summed E-state index contributed by atoms with van der Waals surface area (Å²) in [6, 6.07) is 20.4. The fourth-order valence-corrected chi connectivity index (χ4v) is 2.98. The molecular weight excluding hydrogens is 482 g/mol. The molecule has 2 N–H and O–H groups in total. The molecule has 31 heavy (non-hydrogen) atoms. The SMILES string of the molecule is COc1cc(/C=N\NC(=O)CNc2ccc(Br)cc2)ccc1OCc1ccc(Cl)cc1. The number of amides is 1. The Morgan fingerprint density at radius 2 is 1.81 bits per heavy atom. The molecule has 0 radical (unpaired) electrons. The maximum atomic E-state index is 11.9. The molecule has 0 aromatic heterocycles. The molecule has 3 aromatic carbocycles. The molecule has 160 valence electrons. The number of halogens is 2. The molecule has 0 atom stereocenters. The number of hydrogen-bond donors (Lipinski definition) is 2.